The van der Waals surface area contributed by atoms with Crippen LogP contribution in [0.3, 0.4) is 0 Å². The van der Waals surface area contributed by atoms with Gasteiger partial charge in [0.2, 0.25) is 0 Å². The summed E-state index contributed by atoms with van der Waals surface area (Å²) in [6.45, 7) is 4.31. The van der Waals surface area contributed by atoms with Gasteiger partial charge in [0.15, 0.2) is 0 Å². The Hall–Kier alpha value is -1.55. The van der Waals surface area contributed by atoms with Gasteiger partial charge in [-0.25, -0.2) is 0 Å². The molecule has 1 aliphatic rings. The fourth-order valence-corrected chi connectivity index (χ4v) is 2.72. The summed E-state index contributed by atoms with van der Waals surface area (Å²) in [5.41, 5.74) is 7.38. The third-order valence-corrected chi connectivity index (χ3v) is 3.70. The minimum Gasteiger partial charge on any atom is -0.481 e. The number of rotatable bonds is 2. The first-order valence-corrected chi connectivity index (χ1v) is 6.17. The van der Waals surface area contributed by atoms with E-state index < -0.39 is 11.4 Å². The second-order valence-electron chi connectivity index (χ2n) is 5.11. The molecule has 3 N–H and O–H groups in total. The topological polar surface area (TPSA) is 72.6 Å². The van der Waals surface area contributed by atoms with Crippen molar-refractivity contribution in [2.45, 2.75) is 38.2 Å². The van der Waals surface area contributed by atoms with Crippen molar-refractivity contribution in [1.82, 2.24) is 0 Å². The number of carbonyl (C=O) groups is 1. The lowest BCUT2D eigenvalue weighted by Crippen LogP contribution is -2.44. The maximum Gasteiger partial charge on any atom is 0.314 e. The van der Waals surface area contributed by atoms with E-state index in [1.54, 1.807) is 6.07 Å². The molecule has 0 bridgehead atoms. The number of carboxylic acids is 1. The zero-order chi connectivity index (χ0) is 13.3. The Balaban J connectivity index is 2.53. The van der Waals surface area contributed by atoms with E-state index in [0.29, 0.717) is 25.1 Å². The molecule has 0 saturated carbocycles. The fourth-order valence-electron chi connectivity index (χ4n) is 2.72. The first-order valence-electron chi connectivity index (χ1n) is 6.17. The summed E-state index contributed by atoms with van der Waals surface area (Å²) >= 11 is 0. The van der Waals surface area contributed by atoms with Crippen LogP contribution in [-0.4, -0.2) is 23.8 Å². The van der Waals surface area contributed by atoms with Crippen molar-refractivity contribution in [3.8, 4) is 0 Å². The second kappa shape index (κ2) is 4.61. The lowest BCUT2D eigenvalue weighted by atomic mass is 9.71. The first kappa shape index (κ1) is 12.9. The Bertz CT molecular complexity index is 472. The molecule has 0 amide bonds. The maximum absolute atomic E-state index is 11.8. The molecule has 98 valence electrons. The molecule has 1 fully saturated rings. The predicted octanol–water partition coefficient (Wildman–Crippen LogP) is 2.10. The van der Waals surface area contributed by atoms with Gasteiger partial charge in [-0.1, -0.05) is 17.7 Å². The van der Waals surface area contributed by atoms with Gasteiger partial charge in [-0.05, 0) is 38.3 Å². The van der Waals surface area contributed by atoms with Crippen LogP contribution in [0.4, 0.5) is 5.69 Å². The lowest BCUT2D eigenvalue weighted by Gasteiger charge is -2.37. The van der Waals surface area contributed by atoms with E-state index in [4.69, 9.17) is 10.5 Å². The Morgan fingerprint density at radius 1 is 1.56 bits per heavy atom. The van der Waals surface area contributed by atoms with Crippen LogP contribution in [0, 0.1) is 6.92 Å². The standard InChI is InChI=1S/C14H19NO3/c1-9-3-4-12(15)11(7-9)14(13(16)17)5-6-18-10(2)8-14/h3-4,7,10H,5-6,8,15H2,1-2H3,(H,16,17). The molecule has 1 aromatic rings. The smallest absolute Gasteiger partial charge is 0.314 e. The molecule has 1 heterocycles. The van der Waals surface area contributed by atoms with Gasteiger partial charge in [-0.15, -0.1) is 0 Å². The van der Waals surface area contributed by atoms with Crippen molar-refractivity contribution in [3.05, 3.63) is 29.3 Å². The lowest BCUT2D eigenvalue weighted by molar-refractivity contribution is -0.150. The number of hydrogen-bond donors (Lipinski definition) is 2. The van der Waals surface area contributed by atoms with Crippen molar-refractivity contribution in [1.29, 1.82) is 0 Å². The molecular formula is C14H19NO3. The largest absolute Gasteiger partial charge is 0.481 e. The van der Waals surface area contributed by atoms with Crippen LogP contribution in [0.1, 0.15) is 30.9 Å². The van der Waals surface area contributed by atoms with E-state index in [0.717, 1.165) is 11.1 Å². The zero-order valence-electron chi connectivity index (χ0n) is 10.8. The van der Waals surface area contributed by atoms with Crippen LogP contribution in [0.5, 0.6) is 0 Å². The molecule has 2 atom stereocenters. The Kier molecular flexibility index (Phi) is 3.30. The number of carboxylic acid groups (broad SMARTS) is 1. The summed E-state index contributed by atoms with van der Waals surface area (Å²) < 4.78 is 5.47. The summed E-state index contributed by atoms with van der Waals surface area (Å²) in [5, 5.41) is 9.66. The molecule has 4 nitrogen and oxygen atoms in total. The van der Waals surface area contributed by atoms with Gasteiger partial charge >= 0.3 is 5.97 Å². The van der Waals surface area contributed by atoms with Crippen molar-refractivity contribution in [3.63, 3.8) is 0 Å². The number of hydrogen-bond acceptors (Lipinski definition) is 3. The van der Waals surface area contributed by atoms with Crippen molar-refractivity contribution in [2.24, 2.45) is 0 Å². The molecule has 2 rings (SSSR count). The van der Waals surface area contributed by atoms with Gasteiger partial charge in [0.05, 0.1) is 11.5 Å². The maximum atomic E-state index is 11.8. The minimum atomic E-state index is -0.909. The average Bonchev–Trinajstić information content (AvgIpc) is 2.32. The molecule has 1 saturated heterocycles. The number of nitrogens with two attached hydrogens (primary N) is 1. The van der Waals surface area contributed by atoms with Gasteiger partial charge in [-0.3, -0.25) is 4.79 Å². The molecule has 0 aliphatic carbocycles. The number of aliphatic carboxylic acids is 1. The van der Waals surface area contributed by atoms with Gasteiger partial charge in [0.1, 0.15) is 0 Å². The Labute approximate surface area is 107 Å². The van der Waals surface area contributed by atoms with Crippen molar-refractivity contribution in [2.75, 3.05) is 12.3 Å². The Morgan fingerprint density at radius 2 is 2.28 bits per heavy atom. The highest BCUT2D eigenvalue weighted by atomic mass is 16.5. The second-order valence-corrected chi connectivity index (χ2v) is 5.11. The fraction of sp³-hybridized carbons (Fsp3) is 0.500. The van der Waals surface area contributed by atoms with E-state index >= 15 is 0 Å². The molecule has 1 aliphatic heterocycles. The normalized spacial score (nSPS) is 28.0. The summed E-state index contributed by atoms with van der Waals surface area (Å²) in [6, 6.07) is 5.58. The van der Waals surface area contributed by atoms with E-state index in [-0.39, 0.29) is 6.10 Å². The quantitative estimate of drug-likeness (QED) is 0.787. The zero-order valence-corrected chi connectivity index (χ0v) is 10.8. The summed E-state index contributed by atoms with van der Waals surface area (Å²) in [7, 11) is 0. The summed E-state index contributed by atoms with van der Waals surface area (Å²) in [6.07, 6.45) is 0.880. The molecular weight excluding hydrogens is 230 g/mol. The van der Waals surface area contributed by atoms with E-state index in [1.807, 2.05) is 26.0 Å². The highest BCUT2D eigenvalue weighted by molar-refractivity contribution is 5.84. The third kappa shape index (κ3) is 2.08. The minimum absolute atomic E-state index is 0.0604. The Morgan fingerprint density at radius 3 is 2.89 bits per heavy atom. The van der Waals surface area contributed by atoms with Gasteiger partial charge < -0.3 is 15.6 Å². The molecule has 0 spiro atoms. The van der Waals surface area contributed by atoms with Gasteiger partial charge in [-0.2, -0.15) is 0 Å². The average molecular weight is 249 g/mol. The van der Waals surface area contributed by atoms with E-state index in [9.17, 15) is 9.90 Å². The predicted molar refractivity (Wildman–Crippen MR) is 69.6 cm³/mol. The summed E-state index contributed by atoms with van der Waals surface area (Å²) in [4.78, 5) is 11.8. The molecule has 2 unspecified atom stereocenters. The van der Waals surface area contributed by atoms with Crippen LogP contribution in [0.15, 0.2) is 18.2 Å². The van der Waals surface area contributed by atoms with Crippen molar-refractivity contribution >= 4 is 11.7 Å². The van der Waals surface area contributed by atoms with E-state index in [1.165, 1.54) is 0 Å². The van der Waals surface area contributed by atoms with Crippen LogP contribution in [0.25, 0.3) is 0 Å². The van der Waals surface area contributed by atoms with Crippen molar-refractivity contribution < 1.29 is 14.6 Å². The monoisotopic (exact) mass is 249 g/mol. The molecule has 1 aromatic carbocycles. The van der Waals surface area contributed by atoms with Crippen LogP contribution >= 0.6 is 0 Å². The highest BCUT2D eigenvalue weighted by Crippen LogP contribution is 2.40. The third-order valence-electron chi connectivity index (χ3n) is 3.70. The van der Waals surface area contributed by atoms with E-state index in [2.05, 4.69) is 0 Å². The summed E-state index contributed by atoms with van der Waals surface area (Å²) in [5.74, 6) is -0.810. The number of anilines is 1. The number of benzene rings is 1. The van der Waals surface area contributed by atoms with Gasteiger partial charge in [0, 0.05) is 12.3 Å². The van der Waals surface area contributed by atoms with Gasteiger partial charge in [0.25, 0.3) is 0 Å². The van der Waals surface area contributed by atoms with Crippen LogP contribution < -0.4 is 5.73 Å². The SMILES string of the molecule is Cc1ccc(N)c(C2(C(=O)O)CCOC(C)C2)c1. The number of ether oxygens (including phenoxy) is 1. The molecule has 0 aromatic heterocycles. The molecule has 0 radical (unpaired) electrons. The van der Waals surface area contributed by atoms with Crippen LogP contribution in [0.2, 0.25) is 0 Å². The number of aryl methyl sites for hydroxylation is 1. The number of nitrogen functional groups attached to an aromatic ring is 1. The highest BCUT2D eigenvalue weighted by Gasteiger charge is 2.45. The molecule has 4 heteroatoms. The molecule has 18 heavy (non-hydrogen) atoms. The van der Waals surface area contributed by atoms with Crippen LogP contribution in [-0.2, 0) is 14.9 Å². The first-order chi connectivity index (χ1) is 8.45.